The van der Waals surface area contributed by atoms with Gasteiger partial charge in [-0.1, -0.05) is 6.07 Å². The van der Waals surface area contributed by atoms with Crippen LogP contribution < -0.4 is 19.5 Å². The molecule has 39 heavy (non-hydrogen) atoms. The summed E-state index contributed by atoms with van der Waals surface area (Å²) in [4.78, 5) is 31.5. The molecular formula is C29H35N3O6S. The summed E-state index contributed by atoms with van der Waals surface area (Å²) in [5, 5.41) is 4.93. The first kappa shape index (κ1) is 28.3. The first-order chi connectivity index (χ1) is 19.0. The van der Waals surface area contributed by atoms with Crippen LogP contribution in [0.4, 0.5) is 10.5 Å². The number of carbonyl (C=O) groups excluding carboxylic acids is 2. The number of hydrogen-bond acceptors (Lipinski definition) is 7. The second-order valence-corrected chi connectivity index (χ2v) is 10.1. The average Bonchev–Trinajstić information content (AvgIpc) is 3.58. The van der Waals surface area contributed by atoms with E-state index in [0.29, 0.717) is 62.2 Å². The van der Waals surface area contributed by atoms with Crippen molar-refractivity contribution in [2.45, 2.75) is 33.4 Å². The summed E-state index contributed by atoms with van der Waals surface area (Å²) in [7, 11) is 1.59. The zero-order valence-electron chi connectivity index (χ0n) is 22.6. The maximum absolute atomic E-state index is 13.8. The van der Waals surface area contributed by atoms with Gasteiger partial charge in [0, 0.05) is 36.9 Å². The van der Waals surface area contributed by atoms with Crippen molar-refractivity contribution in [1.82, 2.24) is 9.80 Å². The Bertz CT molecular complexity index is 1250. The van der Waals surface area contributed by atoms with E-state index in [2.05, 4.69) is 5.32 Å². The Balaban J connectivity index is 1.50. The van der Waals surface area contributed by atoms with Crippen molar-refractivity contribution in [3.8, 4) is 17.2 Å². The van der Waals surface area contributed by atoms with Crippen molar-refractivity contribution in [2.75, 3.05) is 45.5 Å². The van der Waals surface area contributed by atoms with Crippen LogP contribution in [0, 0.1) is 6.92 Å². The van der Waals surface area contributed by atoms with Gasteiger partial charge < -0.3 is 34.1 Å². The number of urea groups is 1. The number of anilines is 1. The standard InChI is InChI=1S/C29H35N3O6S/c1-4-36-14-5-13-31(29(34)30-23-7-9-24(35-3)10-8-23)19-28(33)32(18-27-21(2)12-15-39-27)17-22-6-11-25-26(16-22)38-20-37-25/h6-12,15-16H,4-5,13-14,17-20H2,1-3H3,(H,30,34). The molecule has 1 aliphatic heterocycles. The molecule has 3 amide bonds. The number of amides is 3. The maximum atomic E-state index is 13.8. The number of carbonyl (C=O) groups is 2. The Morgan fingerprint density at radius 3 is 2.54 bits per heavy atom. The third kappa shape index (κ3) is 7.87. The summed E-state index contributed by atoms with van der Waals surface area (Å²) in [5.74, 6) is 1.91. The molecule has 1 aliphatic rings. The van der Waals surface area contributed by atoms with E-state index in [1.165, 1.54) is 0 Å². The van der Waals surface area contributed by atoms with E-state index in [1.807, 2.05) is 43.5 Å². The van der Waals surface area contributed by atoms with E-state index >= 15 is 0 Å². The number of benzene rings is 2. The third-order valence-electron chi connectivity index (χ3n) is 6.34. The number of ether oxygens (including phenoxy) is 4. The van der Waals surface area contributed by atoms with Gasteiger partial charge in [-0.2, -0.15) is 0 Å². The van der Waals surface area contributed by atoms with Crippen molar-refractivity contribution in [1.29, 1.82) is 0 Å². The fourth-order valence-corrected chi connectivity index (χ4v) is 5.05. The third-order valence-corrected chi connectivity index (χ3v) is 7.35. The van der Waals surface area contributed by atoms with Gasteiger partial charge in [-0.15, -0.1) is 11.3 Å². The molecule has 0 bridgehead atoms. The van der Waals surface area contributed by atoms with Gasteiger partial charge in [0.25, 0.3) is 0 Å². The van der Waals surface area contributed by atoms with Gasteiger partial charge in [0.05, 0.1) is 13.7 Å². The number of hydrogen-bond donors (Lipinski definition) is 1. The largest absolute Gasteiger partial charge is 0.497 e. The van der Waals surface area contributed by atoms with E-state index in [-0.39, 0.29) is 25.3 Å². The molecule has 0 unspecified atom stereocenters. The zero-order chi connectivity index (χ0) is 27.6. The Labute approximate surface area is 233 Å². The Kier molecular flexibility index (Phi) is 10.0. The second-order valence-electron chi connectivity index (χ2n) is 9.09. The highest BCUT2D eigenvalue weighted by Crippen LogP contribution is 2.33. The van der Waals surface area contributed by atoms with Gasteiger partial charge in [-0.25, -0.2) is 4.79 Å². The number of fused-ring (bicyclic) bond motifs is 1. The molecule has 0 aliphatic carbocycles. The molecule has 208 valence electrons. The predicted octanol–water partition coefficient (Wildman–Crippen LogP) is 5.28. The molecule has 9 nitrogen and oxygen atoms in total. The highest BCUT2D eigenvalue weighted by Gasteiger charge is 2.24. The van der Waals surface area contributed by atoms with Gasteiger partial charge in [-0.3, -0.25) is 4.79 Å². The van der Waals surface area contributed by atoms with Crippen LogP contribution in [0.5, 0.6) is 17.2 Å². The summed E-state index contributed by atoms with van der Waals surface area (Å²) in [5.41, 5.74) is 2.68. The zero-order valence-corrected chi connectivity index (χ0v) is 23.4. The van der Waals surface area contributed by atoms with E-state index in [4.69, 9.17) is 18.9 Å². The number of thiophene rings is 1. The molecule has 0 saturated carbocycles. The molecule has 2 heterocycles. The minimum absolute atomic E-state index is 0.0664. The monoisotopic (exact) mass is 553 g/mol. The predicted molar refractivity (Wildman–Crippen MR) is 151 cm³/mol. The van der Waals surface area contributed by atoms with Crippen molar-refractivity contribution in [3.05, 3.63) is 69.9 Å². The maximum Gasteiger partial charge on any atom is 0.322 e. The SMILES string of the molecule is CCOCCCN(CC(=O)N(Cc1ccc2c(c1)OCO2)Cc1sccc1C)C(=O)Nc1ccc(OC)cc1. The normalized spacial score (nSPS) is 11.8. The minimum atomic E-state index is -0.347. The van der Waals surface area contributed by atoms with Crippen LogP contribution in [0.3, 0.4) is 0 Å². The molecule has 1 aromatic heterocycles. The van der Waals surface area contributed by atoms with Crippen LogP contribution >= 0.6 is 11.3 Å². The Morgan fingerprint density at radius 1 is 1.03 bits per heavy atom. The number of nitrogens with zero attached hydrogens (tertiary/aromatic N) is 2. The molecule has 0 spiro atoms. The summed E-state index contributed by atoms with van der Waals surface area (Å²) < 4.78 is 21.6. The fraction of sp³-hybridized carbons (Fsp3) is 0.379. The van der Waals surface area contributed by atoms with Crippen LogP contribution in [0.25, 0.3) is 0 Å². The lowest BCUT2D eigenvalue weighted by molar-refractivity contribution is -0.133. The molecule has 4 rings (SSSR count). The molecular weight excluding hydrogens is 518 g/mol. The highest BCUT2D eigenvalue weighted by molar-refractivity contribution is 7.10. The summed E-state index contributed by atoms with van der Waals surface area (Å²) in [6.45, 7) is 6.40. The quantitative estimate of drug-likeness (QED) is 0.290. The molecule has 0 radical (unpaired) electrons. The molecule has 1 N–H and O–H groups in total. The molecule has 0 atom stereocenters. The summed E-state index contributed by atoms with van der Waals surface area (Å²) in [6.07, 6.45) is 0.614. The van der Waals surface area contributed by atoms with Crippen LogP contribution in [0.1, 0.15) is 29.3 Å². The Hall–Kier alpha value is -3.76. The highest BCUT2D eigenvalue weighted by atomic mass is 32.1. The number of nitrogens with one attached hydrogen (secondary N) is 1. The smallest absolute Gasteiger partial charge is 0.322 e. The van der Waals surface area contributed by atoms with Crippen LogP contribution in [0.15, 0.2) is 53.9 Å². The van der Waals surface area contributed by atoms with Gasteiger partial charge in [0.15, 0.2) is 11.5 Å². The van der Waals surface area contributed by atoms with Crippen molar-refractivity contribution in [2.24, 2.45) is 0 Å². The summed E-state index contributed by atoms with van der Waals surface area (Å²) in [6, 6.07) is 14.5. The van der Waals surface area contributed by atoms with E-state index in [0.717, 1.165) is 16.0 Å². The fourth-order valence-electron chi connectivity index (χ4n) is 4.13. The van der Waals surface area contributed by atoms with E-state index in [9.17, 15) is 9.59 Å². The first-order valence-corrected chi connectivity index (χ1v) is 13.8. The van der Waals surface area contributed by atoms with Crippen molar-refractivity contribution < 1.29 is 28.5 Å². The molecule has 3 aromatic rings. The van der Waals surface area contributed by atoms with Gasteiger partial charge in [-0.05, 0) is 79.2 Å². The van der Waals surface area contributed by atoms with E-state index < -0.39 is 0 Å². The lowest BCUT2D eigenvalue weighted by Gasteiger charge is -2.28. The molecule has 0 fully saturated rings. The van der Waals surface area contributed by atoms with Crippen LogP contribution in [0.2, 0.25) is 0 Å². The lowest BCUT2D eigenvalue weighted by Crippen LogP contribution is -2.44. The molecule has 10 heteroatoms. The number of methoxy groups -OCH3 is 1. The van der Waals surface area contributed by atoms with Crippen LogP contribution in [-0.2, 0) is 22.6 Å². The molecule has 2 aromatic carbocycles. The second kappa shape index (κ2) is 13.9. The van der Waals surface area contributed by atoms with Gasteiger partial charge in [0.2, 0.25) is 12.7 Å². The lowest BCUT2D eigenvalue weighted by atomic mass is 10.1. The summed E-state index contributed by atoms with van der Waals surface area (Å²) >= 11 is 1.62. The van der Waals surface area contributed by atoms with Crippen molar-refractivity contribution in [3.63, 3.8) is 0 Å². The minimum Gasteiger partial charge on any atom is -0.497 e. The average molecular weight is 554 g/mol. The first-order valence-electron chi connectivity index (χ1n) is 12.9. The van der Waals surface area contributed by atoms with Crippen molar-refractivity contribution >= 4 is 29.0 Å². The molecule has 0 saturated heterocycles. The number of aryl methyl sites for hydroxylation is 1. The van der Waals surface area contributed by atoms with Gasteiger partial charge >= 0.3 is 6.03 Å². The van der Waals surface area contributed by atoms with Crippen LogP contribution in [-0.4, -0.2) is 61.9 Å². The van der Waals surface area contributed by atoms with Gasteiger partial charge in [0.1, 0.15) is 12.3 Å². The van der Waals surface area contributed by atoms with E-state index in [1.54, 1.807) is 52.5 Å². The topological polar surface area (TPSA) is 89.6 Å². The number of rotatable bonds is 13. The Morgan fingerprint density at radius 2 is 1.82 bits per heavy atom.